The minimum absolute atomic E-state index is 0.0732. The average molecular weight is 937 g/mol. The Morgan fingerprint density at radius 1 is 0.385 bits per heavy atom. The topological polar surface area (TPSA) is 196 Å². The molecule has 9 saturated heterocycles. The molecule has 9 rings (SSSR count). The number of hydrogen-bond donors (Lipinski definition) is 0. The molecule has 0 bridgehead atoms. The van der Waals surface area contributed by atoms with Crippen molar-refractivity contribution in [1.82, 2.24) is 0 Å². The zero-order valence-electron chi connectivity index (χ0n) is 40.0. The lowest BCUT2D eigenvalue weighted by Gasteiger charge is -2.32. The molecule has 0 saturated carbocycles. The first-order chi connectivity index (χ1) is 31.7. The molecular weight excluding hydrogens is 852 g/mol. The fourth-order valence-electron chi connectivity index (χ4n) is 5.98. The van der Waals surface area contributed by atoms with Gasteiger partial charge in [0.25, 0.3) is 0 Å². The van der Waals surface area contributed by atoms with Gasteiger partial charge in [0.15, 0.2) is 0 Å². The third kappa shape index (κ3) is 30.5. The van der Waals surface area contributed by atoms with Crippen molar-refractivity contribution in [3.63, 3.8) is 0 Å². The van der Waals surface area contributed by atoms with Gasteiger partial charge in [0, 0.05) is 24.0 Å². The van der Waals surface area contributed by atoms with Crippen molar-refractivity contribution in [1.29, 1.82) is 0 Å². The van der Waals surface area contributed by atoms with Crippen LogP contribution in [0, 0.1) is 10.8 Å². The summed E-state index contributed by atoms with van der Waals surface area (Å²) in [6.07, 6.45) is 8.94. The maximum absolute atomic E-state index is 5.81. The Morgan fingerprint density at radius 3 is 0.969 bits per heavy atom. The van der Waals surface area contributed by atoms with Gasteiger partial charge in [0.05, 0.1) is 165 Å². The lowest BCUT2D eigenvalue weighted by atomic mass is 9.88. The molecule has 18 nitrogen and oxygen atoms in total. The molecule has 380 valence electrons. The van der Waals surface area contributed by atoms with Crippen molar-refractivity contribution in [3.8, 4) is 0 Å². The number of rotatable bonds is 39. The maximum Gasteiger partial charge on any atom is 0.104 e. The lowest BCUT2D eigenvalue weighted by molar-refractivity contribution is -0.0762. The Morgan fingerprint density at radius 2 is 0.662 bits per heavy atom. The van der Waals surface area contributed by atoms with Crippen LogP contribution in [0.15, 0.2) is 0 Å². The van der Waals surface area contributed by atoms with E-state index in [1.165, 1.54) is 12.8 Å². The quantitative estimate of drug-likeness (QED) is 0.0644. The molecule has 0 spiro atoms. The predicted molar refractivity (Wildman–Crippen MR) is 235 cm³/mol. The summed E-state index contributed by atoms with van der Waals surface area (Å²) in [5.74, 6) is 0. The summed E-state index contributed by atoms with van der Waals surface area (Å²) in [6.45, 7) is 28.3. The Labute approximate surface area is 388 Å². The molecule has 65 heavy (non-hydrogen) atoms. The van der Waals surface area contributed by atoms with Crippen LogP contribution in [0.2, 0.25) is 0 Å². The molecule has 10 atom stereocenters. The standard InChI is InChI=1S/C15H26O6.C12H22O4.C11H20O4.C9H16O4/c1-2-15(9-16-3-12-6-19-12,10-17-4-13-7-20-13)11-18-5-14-8-21-14;1(3-5-13-7-11-9-15-11)2-4-6-14-8-12-10-16-12;1-11(2,7-12-3-9-5-14-9)8-13-4-10-6-15-10;1-7(11-4-9-6-13-9)2-10-3-8-5-12-8/h12-14H,2-11H2,1H3;11-12H,1-10H2;9-10H,3-8H2,1-2H3;7-9H,2-6H2,1H3. The largest absolute Gasteiger partial charge is 0.379 e. The molecular formula is C47H84O18. The van der Waals surface area contributed by atoms with Gasteiger partial charge >= 0.3 is 0 Å². The number of ether oxygens (including phenoxy) is 18. The predicted octanol–water partition coefficient (Wildman–Crippen LogP) is 3.06. The number of hydrogen-bond acceptors (Lipinski definition) is 18. The van der Waals surface area contributed by atoms with Crippen LogP contribution >= 0.6 is 0 Å². The summed E-state index contributed by atoms with van der Waals surface area (Å²) in [7, 11) is 0. The van der Waals surface area contributed by atoms with E-state index in [0.29, 0.717) is 114 Å². The summed E-state index contributed by atoms with van der Waals surface area (Å²) in [5.41, 5.74) is -0.0253. The van der Waals surface area contributed by atoms with Crippen LogP contribution in [0.25, 0.3) is 0 Å². The van der Waals surface area contributed by atoms with E-state index >= 15 is 0 Å². The zero-order valence-corrected chi connectivity index (χ0v) is 40.0. The number of epoxide rings is 9. The second-order valence-electron chi connectivity index (χ2n) is 19.4. The fraction of sp³-hybridized carbons (Fsp3) is 1.00. The molecule has 0 aliphatic carbocycles. The van der Waals surface area contributed by atoms with Gasteiger partial charge in [-0.25, -0.2) is 0 Å². The highest BCUT2D eigenvalue weighted by atomic mass is 16.6. The Balaban J connectivity index is 0.000000146. The van der Waals surface area contributed by atoms with Gasteiger partial charge in [-0.2, -0.15) is 0 Å². The Hall–Kier alpha value is -0.720. The Kier molecular flexibility index (Phi) is 24.8. The van der Waals surface area contributed by atoms with Crippen molar-refractivity contribution < 1.29 is 85.3 Å². The van der Waals surface area contributed by atoms with E-state index < -0.39 is 0 Å². The summed E-state index contributed by atoms with van der Waals surface area (Å²) < 4.78 is 96.1. The van der Waals surface area contributed by atoms with Crippen molar-refractivity contribution in [2.24, 2.45) is 10.8 Å². The van der Waals surface area contributed by atoms with Crippen LogP contribution in [0.3, 0.4) is 0 Å². The molecule has 9 heterocycles. The van der Waals surface area contributed by atoms with E-state index in [0.717, 1.165) is 132 Å². The molecule has 0 aromatic carbocycles. The highest BCUT2D eigenvalue weighted by Crippen LogP contribution is 2.27. The summed E-state index contributed by atoms with van der Waals surface area (Å²) in [5, 5.41) is 0. The van der Waals surface area contributed by atoms with Gasteiger partial charge in [-0.05, 0) is 26.2 Å². The second kappa shape index (κ2) is 30.1. The smallest absolute Gasteiger partial charge is 0.104 e. The monoisotopic (exact) mass is 937 g/mol. The number of unbranched alkanes of at least 4 members (excludes halogenated alkanes) is 3. The van der Waals surface area contributed by atoms with E-state index in [1.807, 2.05) is 6.92 Å². The van der Waals surface area contributed by atoms with Crippen molar-refractivity contribution in [2.45, 2.75) is 121 Å². The minimum Gasteiger partial charge on any atom is -0.379 e. The Bertz CT molecular complexity index is 1110. The van der Waals surface area contributed by atoms with Crippen molar-refractivity contribution in [3.05, 3.63) is 0 Å². The van der Waals surface area contributed by atoms with Crippen LogP contribution < -0.4 is 0 Å². The van der Waals surface area contributed by atoms with Gasteiger partial charge in [0.1, 0.15) is 54.9 Å². The normalized spacial score (nSPS) is 30.6. The van der Waals surface area contributed by atoms with Crippen LogP contribution in [0.5, 0.6) is 0 Å². The van der Waals surface area contributed by atoms with Crippen molar-refractivity contribution >= 4 is 0 Å². The first kappa shape index (κ1) is 53.6. The SMILES string of the molecule is C(CCCOCC1CO1)CCOCC1CO1.CC(C)(COCC1CO1)COCC1CO1.CC(COCC1CO1)OCC1CO1.CCC(COCC1CO1)(COCC1CO1)COCC1CO1. The fourth-order valence-corrected chi connectivity index (χ4v) is 5.98. The third-order valence-electron chi connectivity index (χ3n) is 11.3. The van der Waals surface area contributed by atoms with Crippen LogP contribution in [0.1, 0.15) is 59.8 Å². The zero-order chi connectivity index (χ0) is 45.4. The van der Waals surface area contributed by atoms with Crippen LogP contribution in [0.4, 0.5) is 0 Å². The molecule has 9 aliphatic heterocycles. The van der Waals surface area contributed by atoms with Crippen LogP contribution in [-0.4, -0.2) is 233 Å². The van der Waals surface area contributed by atoms with Crippen molar-refractivity contribution in [2.75, 3.05) is 172 Å². The highest BCUT2D eigenvalue weighted by Gasteiger charge is 2.35. The summed E-state index contributed by atoms with van der Waals surface area (Å²) in [4.78, 5) is 0. The van der Waals surface area contributed by atoms with E-state index in [-0.39, 0.29) is 16.9 Å². The van der Waals surface area contributed by atoms with E-state index in [9.17, 15) is 0 Å². The summed E-state index contributed by atoms with van der Waals surface area (Å²) in [6, 6.07) is 0. The van der Waals surface area contributed by atoms with Gasteiger partial charge in [-0.1, -0.05) is 33.6 Å². The molecule has 0 aromatic heterocycles. The molecule has 0 aromatic rings. The molecule has 9 aliphatic rings. The van der Waals surface area contributed by atoms with E-state index in [1.54, 1.807) is 0 Å². The lowest BCUT2D eigenvalue weighted by Crippen LogP contribution is -2.38. The molecule has 18 heteroatoms. The highest BCUT2D eigenvalue weighted by molar-refractivity contribution is 4.81. The average Bonchev–Trinajstić information content (AvgIpc) is 4.10. The molecule has 0 amide bonds. The first-order valence-corrected chi connectivity index (χ1v) is 24.5. The van der Waals surface area contributed by atoms with E-state index in [2.05, 4.69) is 20.8 Å². The van der Waals surface area contributed by atoms with Gasteiger partial charge < -0.3 is 85.3 Å². The van der Waals surface area contributed by atoms with Gasteiger partial charge in [-0.15, -0.1) is 0 Å². The van der Waals surface area contributed by atoms with Crippen LogP contribution in [-0.2, 0) is 85.3 Å². The summed E-state index contributed by atoms with van der Waals surface area (Å²) >= 11 is 0. The molecule has 0 radical (unpaired) electrons. The third-order valence-corrected chi connectivity index (χ3v) is 11.3. The van der Waals surface area contributed by atoms with E-state index in [4.69, 9.17) is 85.3 Å². The minimum atomic E-state index is -0.0985. The molecule has 0 N–H and O–H groups in total. The van der Waals surface area contributed by atoms with Gasteiger partial charge in [-0.3, -0.25) is 0 Å². The first-order valence-electron chi connectivity index (χ1n) is 24.5. The maximum atomic E-state index is 5.81. The molecule has 9 fully saturated rings. The van der Waals surface area contributed by atoms with Gasteiger partial charge in [0.2, 0.25) is 0 Å². The second-order valence-corrected chi connectivity index (χ2v) is 19.4. The molecule has 10 unspecified atom stereocenters.